The number of hydrogen-bond acceptors (Lipinski definition) is 3. The number of phosphoric ester groups is 1. The van der Waals surface area contributed by atoms with Gasteiger partial charge in [0.1, 0.15) is 0 Å². The number of phosphoric acid groups is 1. The van der Waals surface area contributed by atoms with E-state index >= 15 is 0 Å². The topological polar surface area (TPSA) is 55.8 Å². The minimum Gasteiger partial charge on any atom is -0.303 e. The van der Waals surface area contributed by atoms with E-state index < -0.39 is 7.82 Å². The van der Waals surface area contributed by atoms with Crippen molar-refractivity contribution in [2.45, 2.75) is 20.3 Å². The summed E-state index contributed by atoms with van der Waals surface area (Å²) in [6.07, 6.45) is 1.25. The molecule has 0 aliphatic rings. The molecule has 0 aliphatic carbocycles. The molecule has 0 saturated carbocycles. The zero-order chi connectivity index (χ0) is 8.62. The van der Waals surface area contributed by atoms with E-state index in [1.54, 1.807) is 0 Å². The molecule has 0 aromatic rings. The normalized spacial score (nSPS) is 10.1. The molecule has 10 heavy (non-hydrogen) atoms. The van der Waals surface area contributed by atoms with Gasteiger partial charge in [0.05, 0.1) is 0 Å². The van der Waals surface area contributed by atoms with Crippen molar-refractivity contribution < 1.29 is 18.5 Å². The fraction of sp³-hybridized carbons (Fsp3) is 1.00. The van der Waals surface area contributed by atoms with Crippen molar-refractivity contribution in [1.29, 1.82) is 0 Å². The first-order valence-corrected chi connectivity index (χ1v) is 4.47. The highest BCUT2D eigenvalue weighted by atomic mass is 31.2. The van der Waals surface area contributed by atoms with Gasteiger partial charge < -0.3 is 4.89 Å². The fourth-order valence-electron chi connectivity index (χ4n) is 0.0745. The lowest BCUT2D eigenvalue weighted by molar-refractivity contribution is 0.204. The van der Waals surface area contributed by atoms with Gasteiger partial charge in [0.15, 0.2) is 0 Å². The van der Waals surface area contributed by atoms with E-state index in [0.29, 0.717) is 0 Å². The Morgan fingerprint density at radius 3 is 1.50 bits per heavy atom. The van der Waals surface area contributed by atoms with E-state index in [9.17, 15) is 4.57 Å². The molecule has 5 heteroatoms. The Bertz CT molecular complexity index is 95.8. The van der Waals surface area contributed by atoms with Crippen molar-refractivity contribution >= 4 is 7.82 Å². The minimum atomic E-state index is -3.65. The predicted molar refractivity (Wildman–Crippen MR) is 39.8 cm³/mol. The zero-order valence-corrected chi connectivity index (χ0v) is 7.72. The largest absolute Gasteiger partial charge is 0.471 e. The van der Waals surface area contributed by atoms with Crippen LogP contribution < -0.4 is 0 Å². The van der Waals surface area contributed by atoms with E-state index in [4.69, 9.17) is 4.89 Å². The molecule has 0 radical (unpaired) electrons. The Balaban J connectivity index is 0. The predicted octanol–water partition coefficient (Wildman–Crippen LogP) is 1.80. The molecule has 64 valence electrons. The van der Waals surface area contributed by atoms with Crippen molar-refractivity contribution in [3.63, 3.8) is 0 Å². The molecule has 0 heterocycles. The molecule has 0 spiro atoms. The fourth-order valence-corrected chi connectivity index (χ4v) is 0.224. The molecule has 0 unspecified atom stereocenters. The Labute approximate surface area is 61.8 Å². The van der Waals surface area contributed by atoms with Crippen LogP contribution in [-0.4, -0.2) is 19.1 Å². The summed E-state index contributed by atoms with van der Waals surface area (Å²) in [5, 5.41) is 0. The molecular weight excluding hydrogens is 155 g/mol. The third-order valence-electron chi connectivity index (χ3n) is 0.461. The summed E-state index contributed by atoms with van der Waals surface area (Å²) in [6, 6.07) is 0. The van der Waals surface area contributed by atoms with Gasteiger partial charge in [-0.15, -0.1) is 0 Å². The average molecular weight is 170 g/mol. The molecule has 0 bridgehead atoms. The summed E-state index contributed by atoms with van der Waals surface area (Å²) in [7, 11) is -1.45. The molecule has 0 aromatic heterocycles. The Morgan fingerprint density at radius 1 is 1.30 bits per heavy atom. The van der Waals surface area contributed by atoms with Crippen LogP contribution in [0.25, 0.3) is 0 Å². The summed E-state index contributed by atoms with van der Waals surface area (Å²) in [4.78, 5) is 8.24. The molecule has 0 atom stereocenters. The highest BCUT2D eigenvalue weighted by Gasteiger charge is 2.13. The van der Waals surface area contributed by atoms with Gasteiger partial charge in [0, 0.05) is 14.2 Å². The molecule has 0 aliphatic heterocycles. The van der Waals surface area contributed by atoms with Crippen LogP contribution in [0.4, 0.5) is 0 Å². The monoisotopic (exact) mass is 170 g/mol. The summed E-state index contributed by atoms with van der Waals surface area (Å²) in [5.41, 5.74) is 0. The first kappa shape index (κ1) is 12.8. The SMILES string of the molecule is CCC.COP(=O)(O)OC. The molecule has 0 aromatic carbocycles. The Hall–Kier alpha value is 0.110. The summed E-state index contributed by atoms with van der Waals surface area (Å²) in [6.45, 7) is 4.25. The van der Waals surface area contributed by atoms with E-state index in [2.05, 4.69) is 22.9 Å². The smallest absolute Gasteiger partial charge is 0.303 e. The maximum Gasteiger partial charge on any atom is 0.471 e. The first-order chi connectivity index (χ1) is 4.54. The van der Waals surface area contributed by atoms with Gasteiger partial charge in [-0.3, -0.25) is 9.05 Å². The second-order valence-electron chi connectivity index (χ2n) is 1.54. The van der Waals surface area contributed by atoms with Crippen LogP contribution >= 0.6 is 7.82 Å². The van der Waals surface area contributed by atoms with E-state index in [0.717, 1.165) is 14.2 Å². The van der Waals surface area contributed by atoms with Crippen molar-refractivity contribution in [3.8, 4) is 0 Å². The molecule has 0 rings (SSSR count). The first-order valence-electron chi connectivity index (χ1n) is 2.98. The van der Waals surface area contributed by atoms with Crippen molar-refractivity contribution in [3.05, 3.63) is 0 Å². The molecule has 0 fully saturated rings. The standard InChI is InChI=1S/C3H8.C2H7O4P/c1-3-2;1-5-7(3,4)6-2/h3H2,1-2H3;1-2H3,(H,3,4). The van der Waals surface area contributed by atoms with Crippen LogP contribution in [0.5, 0.6) is 0 Å². The Kier molecular flexibility index (Phi) is 9.21. The van der Waals surface area contributed by atoms with Gasteiger partial charge in [-0.25, -0.2) is 4.57 Å². The second kappa shape index (κ2) is 7.22. The highest BCUT2D eigenvalue weighted by molar-refractivity contribution is 7.47. The summed E-state index contributed by atoms with van der Waals surface area (Å²) < 4.78 is 18.0. The quantitative estimate of drug-likeness (QED) is 0.642. The van der Waals surface area contributed by atoms with Crippen molar-refractivity contribution in [2.24, 2.45) is 0 Å². The van der Waals surface area contributed by atoms with Gasteiger partial charge in [-0.1, -0.05) is 20.3 Å². The number of rotatable bonds is 2. The molecule has 1 N–H and O–H groups in total. The van der Waals surface area contributed by atoms with Crippen LogP contribution in [0.1, 0.15) is 20.3 Å². The maximum absolute atomic E-state index is 10.1. The molecule has 0 amide bonds. The van der Waals surface area contributed by atoms with Gasteiger partial charge in [0.25, 0.3) is 0 Å². The molecule has 0 saturated heterocycles. The van der Waals surface area contributed by atoms with E-state index in [-0.39, 0.29) is 0 Å². The van der Waals surface area contributed by atoms with Crippen LogP contribution in [0.2, 0.25) is 0 Å². The van der Waals surface area contributed by atoms with E-state index in [1.165, 1.54) is 6.42 Å². The third kappa shape index (κ3) is 11.0. The van der Waals surface area contributed by atoms with Gasteiger partial charge in [-0.2, -0.15) is 0 Å². The number of hydrogen-bond donors (Lipinski definition) is 1. The van der Waals surface area contributed by atoms with Crippen LogP contribution in [0, 0.1) is 0 Å². The van der Waals surface area contributed by atoms with Crippen LogP contribution in [0.3, 0.4) is 0 Å². The maximum atomic E-state index is 10.1. The summed E-state index contributed by atoms with van der Waals surface area (Å²) in [5.74, 6) is 0. The average Bonchev–Trinajstić information content (AvgIpc) is 1.90. The minimum absolute atomic E-state index is 1.10. The second-order valence-corrected chi connectivity index (χ2v) is 3.21. The third-order valence-corrected chi connectivity index (χ3v) is 1.38. The van der Waals surface area contributed by atoms with Crippen molar-refractivity contribution in [2.75, 3.05) is 14.2 Å². The van der Waals surface area contributed by atoms with Crippen molar-refractivity contribution in [1.82, 2.24) is 0 Å². The Morgan fingerprint density at radius 2 is 1.50 bits per heavy atom. The van der Waals surface area contributed by atoms with E-state index in [1.807, 2.05) is 0 Å². The zero-order valence-electron chi connectivity index (χ0n) is 6.83. The molecule has 4 nitrogen and oxygen atoms in total. The highest BCUT2D eigenvalue weighted by Crippen LogP contribution is 2.40. The lowest BCUT2D eigenvalue weighted by Crippen LogP contribution is -1.83. The van der Waals surface area contributed by atoms with Crippen LogP contribution in [-0.2, 0) is 13.6 Å². The lowest BCUT2D eigenvalue weighted by atomic mass is 10.6. The van der Waals surface area contributed by atoms with Gasteiger partial charge in [-0.05, 0) is 0 Å². The van der Waals surface area contributed by atoms with Gasteiger partial charge in [0.2, 0.25) is 0 Å². The lowest BCUT2D eigenvalue weighted by Gasteiger charge is -2.01. The molecular formula is C5H15O4P. The summed E-state index contributed by atoms with van der Waals surface area (Å²) >= 11 is 0. The van der Waals surface area contributed by atoms with Crippen LogP contribution in [0.15, 0.2) is 0 Å². The van der Waals surface area contributed by atoms with Gasteiger partial charge >= 0.3 is 7.82 Å².